The smallest absolute Gasteiger partial charge is 0.252 e. The van der Waals surface area contributed by atoms with Crippen LogP contribution < -0.4 is 5.32 Å². The maximum absolute atomic E-state index is 12.2. The fourth-order valence-electron chi connectivity index (χ4n) is 1.80. The molecule has 0 spiro atoms. The van der Waals surface area contributed by atoms with Crippen molar-refractivity contribution in [1.82, 2.24) is 10.2 Å². The highest BCUT2D eigenvalue weighted by Gasteiger charge is 2.42. The highest BCUT2D eigenvalue weighted by atomic mass is 35.5. The molecule has 0 bridgehead atoms. The van der Waals surface area contributed by atoms with Crippen molar-refractivity contribution in [2.75, 3.05) is 6.54 Å². The fourth-order valence-corrected chi connectivity index (χ4v) is 2.76. The van der Waals surface area contributed by atoms with Gasteiger partial charge in [-0.15, -0.1) is 11.3 Å². The lowest BCUT2D eigenvalue weighted by Crippen LogP contribution is -2.65. The number of amides is 3. The Kier molecular flexibility index (Phi) is 3.96. The van der Waals surface area contributed by atoms with Gasteiger partial charge in [-0.3, -0.25) is 19.7 Å². The topological polar surface area (TPSA) is 66.5 Å². The molecule has 0 aromatic carbocycles. The van der Waals surface area contributed by atoms with Crippen molar-refractivity contribution in [3.63, 3.8) is 0 Å². The van der Waals surface area contributed by atoms with E-state index in [-0.39, 0.29) is 12.5 Å². The number of piperazine rings is 1. The minimum absolute atomic E-state index is 0.132. The van der Waals surface area contributed by atoms with Gasteiger partial charge in [0, 0.05) is 11.0 Å². The summed E-state index contributed by atoms with van der Waals surface area (Å²) in [6.45, 7) is 3.07. The summed E-state index contributed by atoms with van der Waals surface area (Å²) in [5.74, 6) is -1.34. The summed E-state index contributed by atoms with van der Waals surface area (Å²) in [6.07, 6.45) is 2.96. The van der Waals surface area contributed by atoms with Crippen LogP contribution in [-0.2, 0) is 14.4 Å². The summed E-state index contributed by atoms with van der Waals surface area (Å²) in [5, 5.41) is 2.22. The second kappa shape index (κ2) is 5.38. The second-order valence-electron chi connectivity index (χ2n) is 4.84. The van der Waals surface area contributed by atoms with E-state index in [1.807, 2.05) is 0 Å². The average molecular weight is 313 g/mol. The number of halogens is 1. The van der Waals surface area contributed by atoms with Gasteiger partial charge in [0.05, 0.1) is 4.34 Å². The zero-order chi connectivity index (χ0) is 14.9. The fraction of sp³-hybridized carbons (Fsp3) is 0.308. The van der Waals surface area contributed by atoms with Crippen LogP contribution >= 0.6 is 22.9 Å². The van der Waals surface area contributed by atoms with E-state index in [4.69, 9.17) is 11.6 Å². The number of thiophene rings is 1. The lowest BCUT2D eigenvalue weighted by atomic mass is 9.98. The van der Waals surface area contributed by atoms with Gasteiger partial charge < -0.3 is 4.90 Å². The number of nitrogens with one attached hydrogen (secondary N) is 1. The molecule has 5 nitrogen and oxygen atoms in total. The largest absolute Gasteiger partial charge is 0.316 e. The summed E-state index contributed by atoms with van der Waals surface area (Å²) in [6, 6.07) is 3.52. The molecule has 1 aliphatic rings. The highest BCUT2D eigenvalue weighted by molar-refractivity contribution is 7.17. The highest BCUT2D eigenvalue weighted by Crippen LogP contribution is 2.23. The third-order valence-corrected chi connectivity index (χ3v) is 4.23. The van der Waals surface area contributed by atoms with E-state index in [0.29, 0.717) is 4.34 Å². The molecule has 0 radical (unpaired) electrons. The van der Waals surface area contributed by atoms with Crippen LogP contribution in [0.2, 0.25) is 4.34 Å². The summed E-state index contributed by atoms with van der Waals surface area (Å²) in [7, 11) is 0. The molecule has 0 saturated carbocycles. The van der Waals surface area contributed by atoms with Crippen LogP contribution in [0.5, 0.6) is 0 Å². The van der Waals surface area contributed by atoms with Gasteiger partial charge >= 0.3 is 0 Å². The molecule has 0 unspecified atom stereocenters. The number of hydrogen-bond donors (Lipinski definition) is 1. The Balaban J connectivity index is 2.17. The molecule has 2 heterocycles. The van der Waals surface area contributed by atoms with Gasteiger partial charge in [-0.05, 0) is 32.1 Å². The van der Waals surface area contributed by atoms with Crippen LogP contribution in [-0.4, -0.2) is 34.7 Å². The van der Waals surface area contributed by atoms with Crippen LogP contribution in [0.4, 0.5) is 0 Å². The average Bonchev–Trinajstić information content (AvgIpc) is 2.77. The molecule has 1 fully saturated rings. The molecular weight excluding hydrogens is 300 g/mol. The first-order chi connectivity index (χ1) is 9.30. The molecular formula is C13H13ClN2O3S. The van der Waals surface area contributed by atoms with Crippen molar-refractivity contribution in [1.29, 1.82) is 0 Å². The molecule has 1 saturated heterocycles. The van der Waals surface area contributed by atoms with Crippen LogP contribution in [0.25, 0.3) is 6.08 Å². The van der Waals surface area contributed by atoms with Crippen molar-refractivity contribution < 1.29 is 14.4 Å². The monoisotopic (exact) mass is 312 g/mol. The first kappa shape index (κ1) is 14.7. The second-order valence-corrected chi connectivity index (χ2v) is 6.58. The SMILES string of the molecule is CC1(C)C(=O)NC(=O)CN1C(=O)C=Cc1ccc(Cl)s1. The maximum Gasteiger partial charge on any atom is 0.252 e. The molecule has 1 N–H and O–H groups in total. The van der Waals surface area contributed by atoms with Crippen molar-refractivity contribution in [3.8, 4) is 0 Å². The Morgan fingerprint density at radius 1 is 1.45 bits per heavy atom. The van der Waals surface area contributed by atoms with E-state index in [0.717, 1.165) is 4.88 Å². The Hall–Kier alpha value is -1.66. The third kappa shape index (κ3) is 2.91. The van der Waals surface area contributed by atoms with E-state index >= 15 is 0 Å². The lowest BCUT2D eigenvalue weighted by Gasteiger charge is -2.39. The van der Waals surface area contributed by atoms with Gasteiger partial charge in [0.1, 0.15) is 12.1 Å². The standard InChI is InChI=1S/C13H13ClN2O3S/c1-13(2)12(19)15-10(17)7-16(13)11(18)6-4-8-3-5-9(14)20-8/h3-6H,7H2,1-2H3,(H,15,17,19). The minimum Gasteiger partial charge on any atom is -0.316 e. The molecule has 1 aliphatic heterocycles. The predicted molar refractivity (Wildman–Crippen MR) is 77.3 cm³/mol. The van der Waals surface area contributed by atoms with Crippen molar-refractivity contribution in [3.05, 3.63) is 27.4 Å². The lowest BCUT2D eigenvalue weighted by molar-refractivity contribution is -0.153. The molecule has 2 rings (SSSR count). The van der Waals surface area contributed by atoms with E-state index < -0.39 is 17.4 Å². The van der Waals surface area contributed by atoms with Crippen LogP contribution in [0.15, 0.2) is 18.2 Å². The Morgan fingerprint density at radius 2 is 2.15 bits per heavy atom. The van der Waals surface area contributed by atoms with Gasteiger partial charge in [-0.1, -0.05) is 11.6 Å². The summed E-state index contributed by atoms with van der Waals surface area (Å²) in [5.41, 5.74) is -1.05. The molecule has 1 aromatic rings. The van der Waals surface area contributed by atoms with Crippen molar-refractivity contribution in [2.45, 2.75) is 19.4 Å². The number of nitrogens with zero attached hydrogens (tertiary/aromatic N) is 1. The van der Waals surface area contributed by atoms with Crippen LogP contribution in [0, 0.1) is 0 Å². The van der Waals surface area contributed by atoms with E-state index in [1.165, 1.54) is 22.3 Å². The third-order valence-electron chi connectivity index (χ3n) is 3.04. The summed E-state index contributed by atoms with van der Waals surface area (Å²) in [4.78, 5) is 37.4. The molecule has 1 aromatic heterocycles. The predicted octanol–water partition coefficient (Wildman–Crippen LogP) is 1.68. The molecule has 20 heavy (non-hydrogen) atoms. The Labute approximate surface area is 125 Å². The van der Waals surface area contributed by atoms with Gasteiger partial charge in [-0.25, -0.2) is 0 Å². The van der Waals surface area contributed by atoms with Gasteiger partial charge in [0.25, 0.3) is 5.91 Å². The first-order valence-corrected chi connectivity index (χ1v) is 7.09. The molecule has 106 valence electrons. The number of rotatable bonds is 2. The number of carbonyl (C=O) groups excluding carboxylic acids is 3. The summed E-state index contributed by atoms with van der Waals surface area (Å²) < 4.78 is 0.630. The zero-order valence-electron chi connectivity index (χ0n) is 11.0. The Morgan fingerprint density at radius 3 is 2.75 bits per heavy atom. The van der Waals surface area contributed by atoms with E-state index in [9.17, 15) is 14.4 Å². The minimum atomic E-state index is -1.05. The first-order valence-electron chi connectivity index (χ1n) is 5.90. The van der Waals surface area contributed by atoms with E-state index in [2.05, 4.69) is 5.32 Å². The van der Waals surface area contributed by atoms with Gasteiger partial charge in [0.2, 0.25) is 11.8 Å². The molecule has 0 aliphatic carbocycles. The Bertz CT molecular complexity index is 607. The quantitative estimate of drug-likeness (QED) is 0.667. The number of imide groups is 1. The molecule has 0 atom stereocenters. The summed E-state index contributed by atoms with van der Waals surface area (Å²) >= 11 is 7.14. The normalized spacial score (nSPS) is 18.4. The molecule has 3 amide bonds. The molecule has 7 heteroatoms. The number of carbonyl (C=O) groups is 3. The number of hydrogen-bond acceptors (Lipinski definition) is 4. The van der Waals surface area contributed by atoms with Gasteiger partial charge in [0.15, 0.2) is 0 Å². The van der Waals surface area contributed by atoms with Crippen molar-refractivity contribution in [2.24, 2.45) is 0 Å². The van der Waals surface area contributed by atoms with Crippen LogP contribution in [0.1, 0.15) is 18.7 Å². The van der Waals surface area contributed by atoms with Crippen molar-refractivity contribution >= 4 is 46.7 Å². The zero-order valence-corrected chi connectivity index (χ0v) is 12.5. The van der Waals surface area contributed by atoms with Gasteiger partial charge in [-0.2, -0.15) is 0 Å². The van der Waals surface area contributed by atoms with Crippen LogP contribution in [0.3, 0.4) is 0 Å². The van der Waals surface area contributed by atoms with E-state index in [1.54, 1.807) is 32.1 Å². The maximum atomic E-state index is 12.2.